The Morgan fingerprint density at radius 2 is 1.82 bits per heavy atom. The molecule has 5 nitrogen and oxygen atoms in total. The van der Waals surface area contributed by atoms with Gasteiger partial charge in [0.25, 0.3) is 5.91 Å². The minimum Gasteiger partial charge on any atom is -0.347 e. The summed E-state index contributed by atoms with van der Waals surface area (Å²) in [4.78, 5) is 22.7. The number of hydrogen-bond donors (Lipinski definition) is 1. The first-order chi connectivity index (χ1) is 10.3. The lowest BCUT2D eigenvalue weighted by molar-refractivity contribution is 0.102. The predicted molar refractivity (Wildman–Crippen MR) is 85.2 cm³/mol. The van der Waals surface area contributed by atoms with Crippen LogP contribution in [-0.4, -0.2) is 30.0 Å². The molecule has 7 heteroatoms. The molecule has 1 aromatic carbocycles. The molecule has 0 fully saturated rings. The molecular weight excluding hydrogens is 307 g/mol. The van der Waals surface area contributed by atoms with Crippen LogP contribution in [0.4, 0.5) is 16.0 Å². The van der Waals surface area contributed by atoms with Crippen LogP contribution in [0.1, 0.15) is 21.7 Å². The summed E-state index contributed by atoms with van der Waals surface area (Å²) in [6, 6.07) is 3.63. The smallest absolute Gasteiger partial charge is 0.257 e. The summed E-state index contributed by atoms with van der Waals surface area (Å²) in [5.74, 6) is -0.363. The number of aryl methyl sites for hydroxylation is 2. The Kier molecular flexibility index (Phi) is 4.61. The molecule has 0 aliphatic heterocycles. The van der Waals surface area contributed by atoms with E-state index in [9.17, 15) is 9.18 Å². The van der Waals surface area contributed by atoms with Gasteiger partial charge in [-0.05, 0) is 32.0 Å². The standard InChI is InChI=1S/C15H16ClFN4O/c1-8-13(9(2)19-15(18-8)21(3)4)20-14(22)11-6-5-10(17)7-12(11)16/h5-7H,1-4H3,(H,20,22). The number of carbonyl (C=O) groups excluding carboxylic acids is 1. The molecule has 0 spiro atoms. The Hall–Kier alpha value is -2.21. The lowest BCUT2D eigenvalue weighted by Gasteiger charge is -2.16. The van der Waals surface area contributed by atoms with Crippen molar-refractivity contribution in [3.63, 3.8) is 0 Å². The second kappa shape index (κ2) is 6.27. The van der Waals surface area contributed by atoms with Crippen LogP contribution >= 0.6 is 11.6 Å². The van der Waals surface area contributed by atoms with Crippen LogP contribution in [0.15, 0.2) is 18.2 Å². The van der Waals surface area contributed by atoms with Crippen molar-refractivity contribution in [2.45, 2.75) is 13.8 Å². The Labute approximate surface area is 133 Å². The second-order valence-electron chi connectivity index (χ2n) is 5.04. The van der Waals surface area contributed by atoms with Crippen LogP contribution in [0.25, 0.3) is 0 Å². The van der Waals surface area contributed by atoms with Gasteiger partial charge in [0.1, 0.15) is 5.82 Å². The zero-order chi connectivity index (χ0) is 16.4. The van der Waals surface area contributed by atoms with Crippen molar-refractivity contribution in [1.29, 1.82) is 0 Å². The molecule has 0 radical (unpaired) electrons. The highest BCUT2D eigenvalue weighted by Gasteiger charge is 2.16. The van der Waals surface area contributed by atoms with Gasteiger partial charge in [-0.3, -0.25) is 4.79 Å². The molecule has 2 aromatic rings. The highest BCUT2D eigenvalue weighted by molar-refractivity contribution is 6.34. The van der Waals surface area contributed by atoms with Crippen molar-refractivity contribution in [1.82, 2.24) is 9.97 Å². The number of aromatic nitrogens is 2. The first kappa shape index (κ1) is 16.2. The average molecular weight is 323 g/mol. The van der Waals surface area contributed by atoms with E-state index in [-0.39, 0.29) is 10.6 Å². The molecule has 0 saturated carbocycles. The molecule has 0 aliphatic rings. The Morgan fingerprint density at radius 1 is 1.23 bits per heavy atom. The quantitative estimate of drug-likeness (QED) is 0.942. The van der Waals surface area contributed by atoms with Gasteiger partial charge in [0.15, 0.2) is 0 Å². The number of nitrogens with one attached hydrogen (secondary N) is 1. The molecular formula is C15H16ClFN4O. The molecule has 0 unspecified atom stereocenters. The van der Waals surface area contributed by atoms with E-state index in [1.807, 2.05) is 14.1 Å². The number of amides is 1. The number of anilines is 2. The summed E-state index contributed by atoms with van der Waals surface area (Å²) in [7, 11) is 3.68. The molecule has 1 amide bonds. The number of carbonyl (C=O) groups is 1. The molecule has 1 aromatic heterocycles. The molecule has 116 valence electrons. The van der Waals surface area contributed by atoms with E-state index in [0.717, 1.165) is 6.07 Å². The van der Waals surface area contributed by atoms with Gasteiger partial charge in [-0.25, -0.2) is 14.4 Å². The van der Waals surface area contributed by atoms with E-state index in [4.69, 9.17) is 11.6 Å². The number of halogens is 2. The van der Waals surface area contributed by atoms with E-state index in [1.165, 1.54) is 12.1 Å². The average Bonchev–Trinajstić information content (AvgIpc) is 2.42. The number of rotatable bonds is 3. The van der Waals surface area contributed by atoms with Crippen molar-refractivity contribution in [3.05, 3.63) is 46.0 Å². The molecule has 0 atom stereocenters. The van der Waals surface area contributed by atoms with E-state index < -0.39 is 11.7 Å². The zero-order valence-corrected chi connectivity index (χ0v) is 13.5. The molecule has 0 aliphatic carbocycles. The lowest BCUT2D eigenvalue weighted by atomic mass is 10.2. The SMILES string of the molecule is Cc1nc(N(C)C)nc(C)c1NC(=O)c1ccc(F)cc1Cl. The summed E-state index contributed by atoms with van der Waals surface area (Å²) < 4.78 is 13.0. The maximum atomic E-state index is 13.0. The first-order valence-corrected chi connectivity index (χ1v) is 6.96. The number of benzene rings is 1. The third kappa shape index (κ3) is 3.33. The maximum Gasteiger partial charge on any atom is 0.257 e. The highest BCUT2D eigenvalue weighted by Crippen LogP contribution is 2.23. The van der Waals surface area contributed by atoms with Crippen molar-refractivity contribution < 1.29 is 9.18 Å². The zero-order valence-electron chi connectivity index (χ0n) is 12.7. The minimum atomic E-state index is -0.493. The van der Waals surface area contributed by atoms with E-state index in [0.29, 0.717) is 23.0 Å². The fourth-order valence-electron chi connectivity index (χ4n) is 1.93. The van der Waals surface area contributed by atoms with Gasteiger partial charge in [-0.2, -0.15) is 0 Å². The fraction of sp³-hybridized carbons (Fsp3) is 0.267. The van der Waals surface area contributed by atoms with Crippen molar-refractivity contribution >= 4 is 29.1 Å². The maximum absolute atomic E-state index is 13.0. The number of nitrogens with zero attached hydrogens (tertiary/aromatic N) is 3. The second-order valence-corrected chi connectivity index (χ2v) is 5.45. The fourth-order valence-corrected chi connectivity index (χ4v) is 2.19. The van der Waals surface area contributed by atoms with Crippen LogP contribution in [0.5, 0.6) is 0 Å². The Bertz CT molecular complexity index is 710. The van der Waals surface area contributed by atoms with Gasteiger partial charge in [0.2, 0.25) is 5.95 Å². The van der Waals surface area contributed by atoms with Crippen LogP contribution < -0.4 is 10.2 Å². The van der Waals surface area contributed by atoms with Gasteiger partial charge >= 0.3 is 0 Å². The number of hydrogen-bond acceptors (Lipinski definition) is 4. The molecule has 2 rings (SSSR count). The topological polar surface area (TPSA) is 58.1 Å². The van der Waals surface area contributed by atoms with Crippen LogP contribution in [0.3, 0.4) is 0 Å². The Morgan fingerprint density at radius 3 is 2.32 bits per heavy atom. The van der Waals surface area contributed by atoms with Gasteiger partial charge in [0.05, 0.1) is 27.7 Å². The predicted octanol–water partition coefficient (Wildman–Crippen LogP) is 3.20. The first-order valence-electron chi connectivity index (χ1n) is 6.58. The van der Waals surface area contributed by atoms with E-state index in [1.54, 1.807) is 18.7 Å². The largest absolute Gasteiger partial charge is 0.347 e. The molecule has 1 N–H and O–H groups in total. The van der Waals surface area contributed by atoms with Gasteiger partial charge in [-0.15, -0.1) is 0 Å². The van der Waals surface area contributed by atoms with Crippen LogP contribution in [-0.2, 0) is 0 Å². The van der Waals surface area contributed by atoms with Gasteiger partial charge in [0, 0.05) is 14.1 Å². The third-order valence-corrected chi connectivity index (χ3v) is 3.39. The third-order valence-electron chi connectivity index (χ3n) is 3.07. The molecule has 1 heterocycles. The normalized spacial score (nSPS) is 10.5. The summed E-state index contributed by atoms with van der Waals surface area (Å²) in [6.45, 7) is 3.56. The minimum absolute atomic E-state index is 0.0543. The van der Waals surface area contributed by atoms with Crippen molar-refractivity contribution in [3.8, 4) is 0 Å². The van der Waals surface area contributed by atoms with E-state index >= 15 is 0 Å². The Balaban J connectivity index is 2.32. The van der Waals surface area contributed by atoms with Crippen molar-refractivity contribution in [2.24, 2.45) is 0 Å². The van der Waals surface area contributed by atoms with Crippen LogP contribution in [0.2, 0.25) is 5.02 Å². The summed E-state index contributed by atoms with van der Waals surface area (Å²) >= 11 is 5.90. The van der Waals surface area contributed by atoms with Gasteiger partial charge < -0.3 is 10.2 Å². The summed E-state index contributed by atoms with van der Waals surface area (Å²) in [6.07, 6.45) is 0. The monoisotopic (exact) mass is 322 g/mol. The van der Waals surface area contributed by atoms with Gasteiger partial charge in [-0.1, -0.05) is 11.6 Å². The van der Waals surface area contributed by atoms with E-state index in [2.05, 4.69) is 15.3 Å². The van der Waals surface area contributed by atoms with Crippen molar-refractivity contribution in [2.75, 3.05) is 24.3 Å². The lowest BCUT2D eigenvalue weighted by Crippen LogP contribution is -2.18. The molecule has 0 saturated heterocycles. The highest BCUT2D eigenvalue weighted by atomic mass is 35.5. The summed E-state index contributed by atoms with van der Waals surface area (Å²) in [5, 5.41) is 2.79. The summed E-state index contributed by atoms with van der Waals surface area (Å²) in [5.41, 5.74) is 2.00. The van der Waals surface area contributed by atoms with Crippen LogP contribution in [0, 0.1) is 19.7 Å². The molecule has 22 heavy (non-hydrogen) atoms. The molecule has 0 bridgehead atoms.